The van der Waals surface area contributed by atoms with Gasteiger partial charge in [0.2, 0.25) is 0 Å². The number of fused-ring (bicyclic) bond motifs is 1. The van der Waals surface area contributed by atoms with E-state index in [9.17, 15) is 14.4 Å². The molecule has 0 saturated carbocycles. The lowest BCUT2D eigenvalue weighted by Gasteiger charge is -2.37. The van der Waals surface area contributed by atoms with Crippen molar-refractivity contribution in [2.24, 2.45) is 0 Å². The molecule has 168 valence electrons. The third-order valence-electron chi connectivity index (χ3n) is 5.79. The van der Waals surface area contributed by atoms with Crippen LogP contribution in [-0.4, -0.2) is 56.1 Å². The summed E-state index contributed by atoms with van der Waals surface area (Å²) in [5, 5.41) is 0. The summed E-state index contributed by atoms with van der Waals surface area (Å²) in [6.45, 7) is 9.59. The Morgan fingerprint density at radius 3 is 2.09 bits per heavy atom. The zero-order chi connectivity index (χ0) is 23.0. The van der Waals surface area contributed by atoms with Gasteiger partial charge < -0.3 is 9.80 Å². The minimum atomic E-state index is -0.298. The van der Waals surface area contributed by atoms with Gasteiger partial charge in [-0.1, -0.05) is 0 Å². The second-order valence-electron chi connectivity index (χ2n) is 8.59. The van der Waals surface area contributed by atoms with Crippen molar-refractivity contribution in [2.45, 2.75) is 39.8 Å². The third-order valence-corrected chi connectivity index (χ3v) is 5.79. The van der Waals surface area contributed by atoms with Gasteiger partial charge in [0.1, 0.15) is 5.82 Å². The number of carbonyl (C=O) groups excluding carboxylic acids is 1. The fourth-order valence-corrected chi connectivity index (χ4v) is 4.18. The van der Waals surface area contributed by atoms with Gasteiger partial charge in [-0.15, -0.1) is 0 Å². The molecule has 3 heterocycles. The Bertz CT molecular complexity index is 1270. The summed E-state index contributed by atoms with van der Waals surface area (Å²) < 4.78 is 2.95. The van der Waals surface area contributed by atoms with Crippen LogP contribution in [0.2, 0.25) is 0 Å². The first-order valence-electron chi connectivity index (χ1n) is 10.9. The Balaban J connectivity index is 1.56. The zero-order valence-electron chi connectivity index (χ0n) is 18.9. The van der Waals surface area contributed by atoms with Crippen LogP contribution in [0.25, 0.3) is 11.0 Å². The molecule has 0 aliphatic carbocycles. The smallest absolute Gasteiger partial charge is 0.333 e. The second-order valence-corrected chi connectivity index (χ2v) is 8.59. The molecule has 0 N–H and O–H groups in total. The largest absolute Gasteiger partial charge is 0.354 e. The van der Waals surface area contributed by atoms with Crippen LogP contribution >= 0.6 is 0 Å². The highest BCUT2D eigenvalue weighted by atomic mass is 16.2. The van der Waals surface area contributed by atoms with Gasteiger partial charge in [-0.25, -0.2) is 4.79 Å². The molecule has 9 nitrogen and oxygen atoms in total. The monoisotopic (exact) mass is 436 g/mol. The predicted octanol–water partition coefficient (Wildman–Crippen LogP) is 2.08. The molecule has 1 aliphatic heterocycles. The number of hydrogen-bond acceptors (Lipinski definition) is 6. The van der Waals surface area contributed by atoms with E-state index in [4.69, 9.17) is 0 Å². The molecule has 1 aliphatic rings. The lowest BCUT2D eigenvalue weighted by molar-refractivity contribution is 0.0746. The number of carbonyl (C=O) groups is 1. The van der Waals surface area contributed by atoms with Crippen molar-refractivity contribution in [1.29, 1.82) is 0 Å². The van der Waals surface area contributed by atoms with Crippen molar-refractivity contribution in [1.82, 2.24) is 24.0 Å². The number of anilines is 1. The normalized spacial score (nSPS) is 14.6. The topological polar surface area (TPSA) is 93.3 Å². The molecule has 0 radical (unpaired) electrons. The van der Waals surface area contributed by atoms with E-state index in [1.165, 1.54) is 4.57 Å². The molecule has 9 heteroatoms. The van der Waals surface area contributed by atoms with E-state index in [-0.39, 0.29) is 29.2 Å². The number of piperazine rings is 1. The molecule has 1 amide bonds. The van der Waals surface area contributed by atoms with E-state index < -0.39 is 0 Å². The maximum atomic E-state index is 13.0. The zero-order valence-corrected chi connectivity index (χ0v) is 18.9. The second kappa shape index (κ2) is 8.57. The van der Waals surface area contributed by atoms with Crippen molar-refractivity contribution in [3.05, 3.63) is 63.1 Å². The molecule has 4 rings (SSSR count). The number of nitrogens with zero attached hydrogens (tertiary/aromatic N) is 6. The van der Waals surface area contributed by atoms with Crippen molar-refractivity contribution < 1.29 is 4.79 Å². The van der Waals surface area contributed by atoms with Gasteiger partial charge in [0.25, 0.3) is 11.5 Å². The number of amides is 1. The van der Waals surface area contributed by atoms with Crippen LogP contribution in [0.1, 0.15) is 50.1 Å². The van der Waals surface area contributed by atoms with Crippen LogP contribution in [0.15, 0.2) is 46.2 Å². The number of rotatable bonds is 4. The van der Waals surface area contributed by atoms with Crippen LogP contribution in [-0.2, 0) is 0 Å². The Hall–Kier alpha value is -3.49. The Morgan fingerprint density at radius 2 is 1.47 bits per heavy atom. The fourth-order valence-electron chi connectivity index (χ4n) is 4.18. The van der Waals surface area contributed by atoms with Crippen LogP contribution < -0.4 is 16.1 Å². The fraction of sp³-hybridized carbons (Fsp3) is 0.435. The molecule has 0 atom stereocenters. The summed E-state index contributed by atoms with van der Waals surface area (Å²) in [5.74, 6) is 0.550. The van der Waals surface area contributed by atoms with Gasteiger partial charge in [0.05, 0.1) is 11.0 Å². The van der Waals surface area contributed by atoms with E-state index in [0.717, 1.165) is 5.52 Å². The summed E-state index contributed by atoms with van der Waals surface area (Å²) in [5.41, 5.74) is 1.41. The Morgan fingerprint density at radius 1 is 0.844 bits per heavy atom. The third kappa shape index (κ3) is 3.90. The summed E-state index contributed by atoms with van der Waals surface area (Å²) in [6, 6.07) is 6.57. The highest BCUT2D eigenvalue weighted by molar-refractivity contribution is 5.97. The SMILES string of the molecule is CC(C)n1c(N2CCN(C(=O)c3ccc4nccnc4c3)CC2)cc(=O)n(C(C)C)c1=O. The Labute approximate surface area is 185 Å². The average molecular weight is 437 g/mol. The first kappa shape index (κ1) is 21.7. The molecule has 2 aromatic heterocycles. The van der Waals surface area contributed by atoms with Gasteiger partial charge in [0, 0.05) is 62.3 Å². The van der Waals surface area contributed by atoms with Crippen molar-refractivity contribution in [3.8, 4) is 0 Å². The van der Waals surface area contributed by atoms with Gasteiger partial charge >= 0.3 is 5.69 Å². The summed E-state index contributed by atoms with van der Waals surface area (Å²) >= 11 is 0. The maximum absolute atomic E-state index is 13.0. The first-order valence-corrected chi connectivity index (χ1v) is 10.9. The molecule has 0 spiro atoms. The number of aromatic nitrogens is 4. The van der Waals surface area contributed by atoms with Gasteiger partial charge in [-0.3, -0.25) is 28.7 Å². The van der Waals surface area contributed by atoms with E-state index in [1.54, 1.807) is 46.1 Å². The van der Waals surface area contributed by atoms with E-state index in [1.807, 2.05) is 32.6 Å². The lowest BCUT2D eigenvalue weighted by Crippen LogP contribution is -2.51. The van der Waals surface area contributed by atoms with Crippen LogP contribution in [0.5, 0.6) is 0 Å². The molecular formula is C23H28N6O3. The minimum absolute atomic E-state index is 0.0614. The number of hydrogen-bond donors (Lipinski definition) is 0. The quantitative estimate of drug-likeness (QED) is 0.622. The molecule has 0 unspecified atom stereocenters. The standard InChI is InChI=1S/C23H28N6O3/c1-15(2)28-20(14-21(30)29(16(3)4)23(28)32)26-9-11-27(12-10-26)22(31)17-5-6-18-19(13-17)25-8-7-24-18/h5-8,13-16H,9-12H2,1-4H3. The molecule has 1 aromatic carbocycles. The van der Waals surface area contributed by atoms with Crippen molar-refractivity contribution >= 4 is 22.8 Å². The molecule has 0 bridgehead atoms. The summed E-state index contributed by atoms with van der Waals surface area (Å²) in [7, 11) is 0. The van der Waals surface area contributed by atoms with E-state index in [2.05, 4.69) is 9.97 Å². The number of benzene rings is 1. The summed E-state index contributed by atoms with van der Waals surface area (Å²) in [4.78, 5) is 51.0. The van der Waals surface area contributed by atoms with E-state index >= 15 is 0 Å². The van der Waals surface area contributed by atoms with Crippen LogP contribution in [0, 0.1) is 0 Å². The molecule has 32 heavy (non-hydrogen) atoms. The highest BCUT2D eigenvalue weighted by Gasteiger charge is 2.26. The summed E-state index contributed by atoms with van der Waals surface area (Å²) in [6.07, 6.45) is 3.23. The first-order chi connectivity index (χ1) is 15.3. The lowest BCUT2D eigenvalue weighted by atomic mass is 10.1. The van der Waals surface area contributed by atoms with Gasteiger partial charge in [0.15, 0.2) is 0 Å². The molecule has 1 saturated heterocycles. The van der Waals surface area contributed by atoms with Crippen LogP contribution in [0.4, 0.5) is 5.82 Å². The minimum Gasteiger partial charge on any atom is -0.354 e. The predicted molar refractivity (Wildman–Crippen MR) is 123 cm³/mol. The van der Waals surface area contributed by atoms with Gasteiger partial charge in [-0.05, 0) is 45.9 Å². The van der Waals surface area contributed by atoms with Gasteiger partial charge in [-0.2, -0.15) is 0 Å². The highest BCUT2D eigenvalue weighted by Crippen LogP contribution is 2.20. The average Bonchev–Trinajstić information content (AvgIpc) is 2.77. The Kier molecular flexibility index (Phi) is 5.82. The maximum Gasteiger partial charge on any atom is 0.333 e. The van der Waals surface area contributed by atoms with Crippen molar-refractivity contribution in [2.75, 3.05) is 31.1 Å². The molecule has 3 aromatic rings. The van der Waals surface area contributed by atoms with E-state index in [0.29, 0.717) is 43.1 Å². The molecule has 1 fully saturated rings. The van der Waals surface area contributed by atoms with Crippen molar-refractivity contribution in [3.63, 3.8) is 0 Å². The van der Waals surface area contributed by atoms with Crippen LogP contribution in [0.3, 0.4) is 0 Å². The molecular weight excluding hydrogens is 408 g/mol.